The molecule has 0 aromatic heterocycles. The minimum Gasteiger partial charge on any atom is -0.388 e. The van der Waals surface area contributed by atoms with Crippen molar-refractivity contribution in [2.24, 2.45) is 11.1 Å². The average Bonchev–Trinajstić information content (AvgIpc) is 2.50. The highest BCUT2D eigenvalue weighted by Gasteiger charge is 2.48. The second kappa shape index (κ2) is 4.77. The number of hydrogen-bond acceptors (Lipinski definition) is 3. The Morgan fingerprint density at radius 3 is 2.22 bits per heavy atom. The molecule has 0 aliphatic carbocycles. The van der Waals surface area contributed by atoms with Gasteiger partial charge in [0.05, 0.1) is 5.60 Å². The Morgan fingerprint density at radius 2 is 1.78 bits per heavy atom. The summed E-state index contributed by atoms with van der Waals surface area (Å²) in [6.45, 7) is 6.71. The molecule has 0 amide bonds. The van der Waals surface area contributed by atoms with E-state index in [1.165, 1.54) is 12.8 Å². The zero-order valence-electron chi connectivity index (χ0n) is 12.4. The van der Waals surface area contributed by atoms with E-state index in [4.69, 9.17) is 5.73 Å². The van der Waals surface area contributed by atoms with Crippen LogP contribution in [0.5, 0.6) is 0 Å². The van der Waals surface area contributed by atoms with Gasteiger partial charge < -0.3 is 15.7 Å². The SMILES string of the molecule is CN1C2CCC1CC(O)(C(N)CCC(C)(C)C)C2. The van der Waals surface area contributed by atoms with Crippen LogP contribution in [0.15, 0.2) is 0 Å². The molecule has 0 aromatic carbocycles. The minimum atomic E-state index is -0.621. The monoisotopic (exact) mass is 254 g/mol. The normalized spacial score (nSPS) is 39.0. The first kappa shape index (κ1) is 14.3. The fourth-order valence-electron chi connectivity index (χ4n) is 3.64. The quantitative estimate of drug-likeness (QED) is 0.811. The maximum absolute atomic E-state index is 10.9. The van der Waals surface area contributed by atoms with Gasteiger partial charge in [-0.3, -0.25) is 0 Å². The smallest absolute Gasteiger partial charge is 0.0827 e. The molecule has 0 spiro atoms. The maximum Gasteiger partial charge on any atom is 0.0827 e. The lowest BCUT2D eigenvalue weighted by atomic mass is 9.77. The van der Waals surface area contributed by atoms with Crippen LogP contribution in [0.1, 0.15) is 59.3 Å². The van der Waals surface area contributed by atoms with E-state index in [0.717, 1.165) is 25.7 Å². The Labute approximate surface area is 112 Å². The maximum atomic E-state index is 10.9. The van der Waals surface area contributed by atoms with E-state index in [-0.39, 0.29) is 6.04 Å². The highest BCUT2D eigenvalue weighted by Crippen LogP contribution is 2.42. The molecular weight excluding hydrogens is 224 g/mol. The third-order valence-electron chi connectivity index (χ3n) is 5.06. The van der Waals surface area contributed by atoms with Crippen LogP contribution in [-0.2, 0) is 0 Å². The summed E-state index contributed by atoms with van der Waals surface area (Å²) < 4.78 is 0. The topological polar surface area (TPSA) is 49.5 Å². The summed E-state index contributed by atoms with van der Waals surface area (Å²) in [7, 11) is 2.20. The van der Waals surface area contributed by atoms with Gasteiger partial charge in [0.2, 0.25) is 0 Å². The van der Waals surface area contributed by atoms with Crippen molar-refractivity contribution in [3.8, 4) is 0 Å². The zero-order chi connectivity index (χ0) is 13.6. The Morgan fingerprint density at radius 1 is 1.28 bits per heavy atom. The lowest BCUT2D eigenvalue weighted by Gasteiger charge is -2.45. The number of hydrogen-bond donors (Lipinski definition) is 2. The van der Waals surface area contributed by atoms with Crippen LogP contribution in [0.3, 0.4) is 0 Å². The van der Waals surface area contributed by atoms with Gasteiger partial charge in [-0.15, -0.1) is 0 Å². The lowest BCUT2D eigenvalue weighted by molar-refractivity contribution is -0.0649. The standard InChI is InChI=1S/C15H30N2O/c1-14(2,3)8-7-13(16)15(18)9-11-5-6-12(10-15)17(11)4/h11-13,18H,5-10,16H2,1-4H3. The molecule has 0 aromatic rings. The second-order valence-electron chi connectivity index (χ2n) is 7.77. The van der Waals surface area contributed by atoms with Crippen LogP contribution in [-0.4, -0.2) is 40.8 Å². The molecule has 2 bridgehead atoms. The first-order valence-corrected chi connectivity index (χ1v) is 7.41. The van der Waals surface area contributed by atoms with Crippen molar-refractivity contribution in [1.82, 2.24) is 4.90 Å². The molecule has 2 saturated heterocycles. The van der Waals surface area contributed by atoms with Gasteiger partial charge in [-0.2, -0.15) is 0 Å². The summed E-state index contributed by atoms with van der Waals surface area (Å²) in [6, 6.07) is 1.04. The first-order valence-electron chi connectivity index (χ1n) is 7.41. The fourth-order valence-corrected chi connectivity index (χ4v) is 3.64. The van der Waals surface area contributed by atoms with Crippen LogP contribution >= 0.6 is 0 Å². The van der Waals surface area contributed by atoms with Gasteiger partial charge in [0, 0.05) is 18.1 Å². The number of aliphatic hydroxyl groups is 1. The molecule has 3 atom stereocenters. The lowest BCUT2D eigenvalue weighted by Crippen LogP contribution is -2.58. The third-order valence-corrected chi connectivity index (χ3v) is 5.06. The van der Waals surface area contributed by atoms with E-state index in [1.807, 2.05) is 0 Å². The number of nitrogens with two attached hydrogens (primary N) is 1. The fraction of sp³-hybridized carbons (Fsp3) is 1.00. The van der Waals surface area contributed by atoms with Crippen LogP contribution in [0.2, 0.25) is 0 Å². The van der Waals surface area contributed by atoms with Crippen molar-refractivity contribution in [3.05, 3.63) is 0 Å². The van der Waals surface area contributed by atoms with Gasteiger partial charge in [0.1, 0.15) is 0 Å². The Balaban J connectivity index is 1.95. The van der Waals surface area contributed by atoms with Gasteiger partial charge in [-0.25, -0.2) is 0 Å². The van der Waals surface area contributed by atoms with Gasteiger partial charge in [-0.05, 0) is 51.0 Å². The Kier molecular flexibility index (Phi) is 3.79. The van der Waals surface area contributed by atoms with E-state index >= 15 is 0 Å². The van der Waals surface area contributed by atoms with Crippen LogP contribution in [0, 0.1) is 5.41 Å². The molecule has 18 heavy (non-hydrogen) atoms. The molecule has 2 rings (SSSR count). The molecule has 2 aliphatic heterocycles. The van der Waals surface area contributed by atoms with Crippen molar-refractivity contribution in [2.45, 2.75) is 83.0 Å². The van der Waals surface area contributed by atoms with Gasteiger partial charge in [0.25, 0.3) is 0 Å². The number of fused-ring (bicyclic) bond motifs is 2. The Bertz CT molecular complexity index is 283. The summed E-state index contributed by atoms with van der Waals surface area (Å²) in [5.74, 6) is 0. The van der Waals surface area contributed by atoms with Gasteiger partial charge in [-0.1, -0.05) is 20.8 Å². The van der Waals surface area contributed by atoms with Crippen LogP contribution in [0.4, 0.5) is 0 Å². The molecule has 2 aliphatic rings. The predicted molar refractivity (Wildman–Crippen MR) is 75.4 cm³/mol. The largest absolute Gasteiger partial charge is 0.388 e. The molecule has 0 saturated carbocycles. The van der Waals surface area contributed by atoms with Crippen LogP contribution in [0.25, 0.3) is 0 Å². The molecule has 106 valence electrons. The molecular formula is C15H30N2O. The molecule has 3 N–H and O–H groups in total. The van der Waals surface area contributed by atoms with Crippen LogP contribution < -0.4 is 5.73 Å². The third kappa shape index (κ3) is 2.89. The first-order chi connectivity index (χ1) is 8.21. The highest BCUT2D eigenvalue weighted by atomic mass is 16.3. The summed E-state index contributed by atoms with van der Waals surface area (Å²) >= 11 is 0. The molecule has 0 radical (unpaired) electrons. The summed E-state index contributed by atoms with van der Waals surface area (Å²) in [4.78, 5) is 2.45. The van der Waals surface area contributed by atoms with Gasteiger partial charge >= 0.3 is 0 Å². The molecule has 2 heterocycles. The Hall–Kier alpha value is -0.120. The number of rotatable bonds is 3. The summed E-state index contributed by atoms with van der Waals surface area (Å²) in [6.07, 6.45) is 6.21. The molecule has 2 fully saturated rings. The van der Waals surface area contributed by atoms with E-state index < -0.39 is 5.60 Å². The van der Waals surface area contributed by atoms with Crippen molar-refractivity contribution in [3.63, 3.8) is 0 Å². The summed E-state index contributed by atoms with van der Waals surface area (Å²) in [5, 5.41) is 10.9. The van der Waals surface area contributed by atoms with Gasteiger partial charge in [0.15, 0.2) is 0 Å². The summed E-state index contributed by atoms with van der Waals surface area (Å²) in [5.41, 5.74) is 6.00. The van der Waals surface area contributed by atoms with Crippen molar-refractivity contribution >= 4 is 0 Å². The molecule has 3 nitrogen and oxygen atoms in total. The number of nitrogens with zero attached hydrogens (tertiary/aromatic N) is 1. The van der Waals surface area contributed by atoms with E-state index in [1.54, 1.807) is 0 Å². The van der Waals surface area contributed by atoms with Crippen molar-refractivity contribution in [1.29, 1.82) is 0 Å². The zero-order valence-corrected chi connectivity index (χ0v) is 12.4. The predicted octanol–water partition coefficient (Wildman–Crippen LogP) is 2.13. The minimum absolute atomic E-state index is 0.0616. The molecule has 3 unspecified atom stereocenters. The average molecular weight is 254 g/mol. The highest BCUT2D eigenvalue weighted by molar-refractivity contribution is 5.05. The van der Waals surface area contributed by atoms with E-state index in [0.29, 0.717) is 17.5 Å². The van der Waals surface area contributed by atoms with Crippen molar-refractivity contribution < 1.29 is 5.11 Å². The van der Waals surface area contributed by atoms with E-state index in [9.17, 15) is 5.11 Å². The molecule has 3 heteroatoms. The second-order valence-corrected chi connectivity index (χ2v) is 7.77. The van der Waals surface area contributed by atoms with E-state index in [2.05, 4.69) is 32.7 Å². The van der Waals surface area contributed by atoms with Crippen molar-refractivity contribution in [2.75, 3.05) is 7.05 Å². The number of piperidine rings is 1.